The smallest absolute Gasteiger partial charge is 0.258 e. The van der Waals surface area contributed by atoms with Crippen LogP contribution >= 0.6 is 0 Å². The van der Waals surface area contributed by atoms with Crippen molar-refractivity contribution in [1.29, 1.82) is 0 Å². The minimum absolute atomic E-state index is 0.327. The maximum absolute atomic E-state index is 13.3. The Bertz CT molecular complexity index is 452. The van der Waals surface area contributed by atoms with Crippen molar-refractivity contribution in [1.82, 2.24) is 5.32 Å². The molecule has 0 spiro atoms. The predicted molar refractivity (Wildman–Crippen MR) is 63.6 cm³/mol. The van der Waals surface area contributed by atoms with Crippen LogP contribution in [0.25, 0.3) is 10.4 Å². The van der Waals surface area contributed by atoms with Gasteiger partial charge in [0.05, 0.1) is 0 Å². The molecule has 0 fully saturated rings. The van der Waals surface area contributed by atoms with Crippen LogP contribution in [0.3, 0.4) is 0 Å². The predicted octanol–water partition coefficient (Wildman–Crippen LogP) is 2.35. The van der Waals surface area contributed by atoms with Crippen LogP contribution in [-0.4, -0.2) is 24.1 Å². The second-order valence-electron chi connectivity index (χ2n) is 3.55. The Morgan fingerprint density at radius 2 is 2.28 bits per heavy atom. The SMILES string of the molecule is [N-]=[N+]=NCCCCNC(=O)c1c(O)cccc1F. The number of nitrogens with one attached hydrogen (secondary N) is 1. The number of carbonyl (C=O) groups is 1. The summed E-state index contributed by atoms with van der Waals surface area (Å²) in [5.74, 6) is -1.81. The monoisotopic (exact) mass is 252 g/mol. The second kappa shape index (κ2) is 7.13. The van der Waals surface area contributed by atoms with Gasteiger partial charge < -0.3 is 10.4 Å². The molecule has 1 aromatic rings. The highest BCUT2D eigenvalue weighted by atomic mass is 19.1. The van der Waals surface area contributed by atoms with E-state index in [1.165, 1.54) is 12.1 Å². The lowest BCUT2D eigenvalue weighted by Crippen LogP contribution is -2.25. The maximum atomic E-state index is 13.3. The normalized spacial score (nSPS) is 9.61. The molecule has 7 heteroatoms. The van der Waals surface area contributed by atoms with Crippen molar-refractivity contribution in [3.05, 3.63) is 40.0 Å². The van der Waals surface area contributed by atoms with E-state index in [-0.39, 0.29) is 11.3 Å². The first-order valence-electron chi connectivity index (χ1n) is 5.43. The first kappa shape index (κ1) is 13.8. The molecule has 1 aromatic carbocycles. The van der Waals surface area contributed by atoms with Gasteiger partial charge in [-0.2, -0.15) is 0 Å². The molecule has 2 N–H and O–H groups in total. The van der Waals surface area contributed by atoms with Crippen molar-refractivity contribution >= 4 is 5.91 Å². The van der Waals surface area contributed by atoms with E-state index in [4.69, 9.17) is 5.53 Å². The minimum Gasteiger partial charge on any atom is -0.507 e. The molecule has 0 atom stereocenters. The van der Waals surface area contributed by atoms with E-state index < -0.39 is 11.7 Å². The number of benzene rings is 1. The third kappa shape index (κ3) is 3.95. The fourth-order valence-electron chi connectivity index (χ4n) is 1.38. The van der Waals surface area contributed by atoms with Crippen LogP contribution in [0.1, 0.15) is 23.2 Å². The van der Waals surface area contributed by atoms with Gasteiger partial charge in [0, 0.05) is 18.0 Å². The highest BCUT2D eigenvalue weighted by molar-refractivity contribution is 5.97. The molecule has 0 saturated carbocycles. The van der Waals surface area contributed by atoms with Gasteiger partial charge in [0.15, 0.2) is 0 Å². The minimum atomic E-state index is -0.762. The molecule has 6 nitrogen and oxygen atoms in total. The van der Waals surface area contributed by atoms with Crippen LogP contribution in [-0.2, 0) is 0 Å². The van der Waals surface area contributed by atoms with Gasteiger partial charge in [0.25, 0.3) is 5.91 Å². The zero-order chi connectivity index (χ0) is 13.4. The summed E-state index contributed by atoms with van der Waals surface area (Å²) in [6.45, 7) is 0.685. The van der Waals surface area contributed by atoms with Crippen molar-refractivity contribution in [3.8, 4) is 5.75 Å². The summed E-state index contributed by atoms with van der Waals surface area (Å²) in [4.78, 5) is 14.2. The number of azide groups is 1. The van der Waals surface area contributed by atoms with Crippen LogP contribution in [0.2, 0.25) is 0 Å². The molecule has 0 aliphatic rings. The lowest BCUT2D eigenvalue weighted by atomic mass is 10.1. The molecular weight excluding hydrogens is 239 g/mol. The third-order valence-corrected chi connectivity index (χ3v) is 2.25. The number of halogens is 1. The molecule has 0 heterocycles. The van der Waals surface area contributed by atoms with Crippen LogP contribution in [0, 0.1) is 5.82 Å². The van der Waals surface area contributed by atoms with Gasteiger partial charge in [-0.1, -0.05) is 11.2 Å². The zero-order valence-electron chi connectivity index (χ0n) is 9.64. The maximum Gasteiger partial charge on any atom is 0.258 e. The number of hydrogen-bond acceptors (Lipinski definition) is 3. The van der Waals surface area contributed by atoms with E-state index >= 15 is 0 Å². The molecule has 0 aliphatic heterocycles. The molecule has 0 bridgehead atoms. The number of phenolic OH excluding ortho intramolecular Hbond substituents is 1. The molecule has 0 saturated heterocycles. The molecule has 0 aliphatic carbocycles. The Labute approximate surface area is 103 Å². The Balaban J connectivity index is 2.43. The van der Waals surface area contributed by atoms with E-state index in [2.05, 4.69) is 15.3 Å². The average molecular weight is 252 g/mol. The molecule has 18 heavy (non-hydrogen) atoms. The summed E-state index contributed by atoms with van der Waals surface area (Å²) < 4.78 is 13.3. The summed E-state index contributed by atoms with van der Waals surface area (Å²) in [5, 5.41) is 15.2. The van der Waals surface area contributed by atoms with Gasteiger partial charge in [-0.05, 0) is 30.5 Å². The molecule has 0 radical (unpaired) electrons. The third-order valence-electron chi connectivity index (χ3n) is 2.25. The number of carbonyl (C=O) groups excluding carboxylic acids is 1. The van der Waals surface area contributed by atoms with Gasteiger partial charge in [-0.15, -0.1) is 0 Å². The first-order valence-corrected chi connectivity index (χ1v) is 5.43. The molecule has 0 unspecified atom stereocenters. The summed E-state index contributed by atoms with van der Waals surface area (Å²) in [7, 11) is 0. The van der Waals surface area contributed by atoms with E-state index in [9.17, 15) is 14.3 Å². The van der Waals surface area contributed by atoms with Crippen molar-refractivity contribution in [2.75, 3.05) is 13.1 Å². The Morgan fingerprint density at radius 3 is 2.94 bits per heavy atom. The average Bonchev–Trinajstić information content (AvgIpc) is 2.33. The Kier molecular flexibility index (Phi) is 5.47. The number of unbranched alkanes of at least 4 members (excludes halogenated alkanes) is 1. The lowest BCUT2D eigenvalue weighted by molar-refractivity contribution is 0.0946. The van der Waals surface area contributed by atoms with Crippen molar-refractivity contribution in [3.63, 3.8) is 0 Å². The van der Waals surface area contributed by atoms with Crippen LogP contribution in [0.15, 0.2) is 23.3 Å². The van der Waals surface area contributed by atoms with Crippen molar-refractivity contribution < 1.29 is 14.3 Å². The zero-order valence-corrected chi connectivity index (χ0v) is 9.64. The highest BCUT2D eigenvalue weighted by Gasteiger charge is 2.15. The summed E-state index contributed by atoms with van der Waals surface area (Å²) in [6.07, 6.45) is 1.24. The van der Waals surface area contributed by atoms with Crippen LogP contribution in [0.5, 0.6) is 5.75 Å². The quantitative estimate of drug-likeness (QED) is 0.351. The number of nitrogens with zero attached hydrogens (tertiary/aromatic N) is 3. The molecule has 1 rings (SSSR count). The lowest BCUT2D eigenvalue weighted by Gasteiger charge is -2.07. The second-order valence-corrected chi connectivity index (χ2v) is 3.55. The molecular formula is C11H13FN4O2. The highest BCUT2D eigenvalue weighted by Crippen LogP contribution is 2.19. The largest absolute Gasteiger partial charge is 0.507 e. The van der Waals surface area contributed by atoms with E-state index in [1.807, 2.05) is 0 Å². The summed E-state index contributed by atoms with van der Waals surface area (Å²) in [5.41, 5.74) is 7.69. The van der Waals surface area contributed by atoms with Gasteiger partial charge in [-0.3, -0.25) is 4.79 Å². The molecule has 1 amide bonds. The van der Waals surface area contributed by atoms with Gasteiger partial charge in [0.1, 0.15) is 17.1 Å². The molecule has 96 valence electrons. The van der Waals surface area contributed by atoms with E-state index in [1.54, 1.807) is 0 Å². The number of amides is 1. The summed E-state index contributed by atoms with van der Waals surface area (Å²) in [6, 6.07) is 3.68. The van der Waals surface area contributed by atoms with Crippen molar-refractivity contribution in [2.24, 2.45) is 5.11 Å². The number of aromatic hydroxyl groups is 1. The number of hydrogen-bond donors (Lipinski definition) is 2. The number of phenols is 1. The van der Waals surface area contributed by atoms with E-state index in [0.29, 0.717) is 25.9 Å². The van der Waals surface area contributed by atoms with Crippen LogP contribution in [0.4, 0.5) is 4.39 Å². The Morgan fingerprint density at radius 1 is 1.50 bits per heavy atom. The van der Waals surface area contributed by atoms with Crippen molar-refractivity contribution in [2.45, 2.75) is 12.8 Å². The van der Waals surface area contributed by atoms with E-state index in [0.717, 1.165) is 6.07 Å². The van der Waals surface area contributed by atoms with Gasteiger partial charge >= 0.3 is 0 Å². The standard InChI is InChI=1S/C11H13FN4O2/c12-8-4-3-5-9(17)10(8)11(18)14-6-1-2-7-15-16-13/h3-5,17H,1-2,6-7H2,(H,14,18). The Hall–Kier alpha value is -2.27. The topological polar surface area (TPSA) is 98.1 Å². The number of rotatable bonds is 6. The molecule has 0 aromatic heterocycles. The fourth-order valence-corrected chi connectivity index (χ4v) is 1.38. The van der Waals surface area contributed by atoms with Crippen LogP contribution < -0.4 is 5.32 Å². The van der Waals surface area contributed by atoms with Gasteiger partial charge in [-0.25, -0.2) is 4.39 Å². The fraction of sp³-hybridized carbons (Fsp3) is 0.364. The van der Waals surface area contributed by atoms with Gasteiger partial charge in [0.2, 0.25) is 0 Å². The summed E-state index contributed by atoms with van der Waals surface area (Å²) >= 11 is 0. The first-order chi connectivity index (χ1) is 8.66.